The lowest BCUT2D eigenvalue weighted by Crippen LogP contribution is -2.49. The van der Waals surface area contributed by atoms with E-state index in [-0.39, 0.29) is 42.5 Å². The van der Waals surface area contributed by atoms with Crippen LogP contribution < -0.4 is 5.32 Å². The van der Waals surface area contributed by atoms with Crippen LogP contribution in [0.25, 0.3) is 0 Å². The van der Waals surface area contributed by atoms with E-state index in [4.69, 9.17) is 0 Å². The van der Waals surface area contributed by atoms with Crippen molar-refractivity contribution < 1.29 is 18.3 Å². The summed E-state index contributed by atoms with van der Waals surface area (Å²) in [4.78, 5) is 14.2. The number of rotatable bonds is 4. The molecule has 6 nitrogen and oxygen atoms in total. The molecule has 3 unspecified atom stereocenters. The van der Waals surface area contributed by atoms with Gasteiger partial charge in [-0.1, -0.05) is 0 Å². The molecule has 2 rings (SSSR count). The normalized spacial score (nSPS) is 33.0. The first-order valence-corrected chi connectivity index (χ1v) is 9.10. The molecule has 3 atom stereocenters. The van der Waals surface area contributed by atoms with E-state index in [1.807, 2.05) is 0 Å². The zero-order valence-electron chi connectivity index (χ0n) is 11.9. The molecule has 0 radical (unpaired) electrons. The van der Waals surface area contributed by atoms with Crippen LogP contribution in [0, 0.1) is 5.92 Å². The average Bonchev–Trinajstić information content (AvgIpc) is 2.75. The summed E-state index contributed by atoms with van der Waals surface area (Å²) in [6, 6.07) is 0.0471. The molecule has 0 aromatic rings. The van der Waals surface area contributed by atoms with Gasteiger partial charge in [-0.25, -0.2) is 8.42 Å². The van der Waals surface area contributed by atoms with E-state index in [9.17, 15) is 18.3 Å². The zero-order chi connectivity index (χ0) is 14.8. The summed E-state index contributed by atoms with van der Waals surface area (Å²) in [5, 5.41) is 12.5. The maximum absolute atomic E-state index is 12.6. The first-order chi connectivity index (χ1) is 9.43. The van der Waals surface area contributed by atoms with Crippen molar-refractivity contribution in [1.29, 1.82) is 0 Å². The van der Waals surface area contributed by atoms with E-state index in [2.05, 4.69) is 12.2 Å². The van der Waals surface area contributed by atoms with Gasteiger partial charge in [0.1, 0.15) is 0 Å². The topological polar surface area (TPSA) is 86.7 Å². The predicted molar refractivity (Wildman–Crippen MR) is 76.0 cm³/mol. The Bertz CT molecular complexity index is 451. The summed E-state index contributed by atoms with van der Waals surface area (Å²) in [7, 11) is -3.02. The molecule has 0 bridgehead atoms. The van der Waals surface area contributed by atoms with Gasteiger partial charge in [0.25, 0.3) is 0 Å². The molecule has 0 spiro atoms. The van der Waals surface area contributed by atoms with Crippen LogP contribution in [0.2, 0.25) is 0 Å². The van der Waals surface area contributed by atoms with Crippen LogP contribution in [0.4, 0.5) is 0 Å². The Morgan fingerprint density at radius 1 is 1.40 bits per heavy atom. The fraction of sp³-hybridized carbons (Fsp3) is 0.923. The molecule has 0 saturated carbocycles. The van der Waals surface area contributed by atoms with E-state index in [0.717, 1.165) is 19.4 Å². The van der Waals surface area contributed by atoms with Crippen molar-refractivity contribution in [3.63, 3.8) is 0 Å². The number of nitrogens with zero attached hydrogens (tertiary/aromatic N) is 1. The van der Waals surface area contributed by atoms with Gasteiger partial charge in [-0.05, 0) is 32.7 Å². The van der Waals surface area contributed by atoms with Crippen molar-refractivity contribution in [2.45, 2.75) is 38.3 Å². The largest absolute Gasteiger partial charge is 0.395 e. The number of aliphatic hydroxyl groups excluding tert-OH is 1. The molecule has 2 aliphatic rings. The Hall–Kier alpha value is -0.660. The third-order valence-electron chi connectivity index (χ3n) is 4.25. The standard InChI is InChI=1S/C13H24N2O4S/c1-10-8-11(2-4-14-10)13(17)15(5-6-16)12-3-7-20(18,19)9-12/h10-12,14,16H,2-9H2,1H3. The summed E-state index contributed by atoms with van der Waals surface area (Å²) in [6.07, 6.45) is 2.05. The van der Waals surface area contributed by atoms with Gasteiger partial charge in [-0.3, -0.25) is 4.79 Å². The molecule has 2 saturated heterocycles. The SMILES string of the molecule is CC1CC(C(=O)N(CCO)C2CCS(=O)(=O)C2)CCN1. The minimum atomic E-state index is -3.02. The van der Waals surface area contributed by atoms with Gasteiger partial charge in [-0.2, -0.15) is 0 Å². The number of hydrogen-bond donors (Lipinski definition) is 2. The van der Waals surface area contributed by atoms with Gasteiger partial charge < -0.3 is 15.3 Å². The smallest absolute Gasteiger partial charge is 0.226 e. The van der Waals surface area contributed by atoms with Gasteiger partial charge in [0.2, 0.25) is 5.91 Å². The molecule has 2 fully saturated rings. The minimum absolute atomic E-state index is 0.00880. The number of aliphatic hydroxyl groups is 1. The van der Waals surface area contributed by atoms with Crippen molar-refractivity contribution in [2.75, 3.05) is 31.2 Å². The molecule has 116 valence electrons. The van der Waals surface area contributed by atoms with Crippen LogP contribution in [0.1, 0.15) is 26.2 Å². The number of carbonyl (C=O) groups excluding carboxylic acids is 1. The second-order valence-corrected chi connectivity index (χ2v) is 8.12. The highest BCUT2D eigenvalue weighted by Crippen LogP contribution is 2.24. The maximum Gasteiger partial charge on any atom is 0.226 e. The Kier molecular flexibility index (Phi) is 5.04. The predicted octanol–water partition coefficient (Wildman–Crippen LogP) is -0.617. The van der Waals surface area contributed by atoms with Crippen LogP contribution in [-0.2, 0) is 14.6 Å². The van der Waals surface area contributed by atoms with Crippen LogP contribution in [0.15, 0.2) is 0 Å². The summed E-state index contributed by atoms with van der Waals surface area (Å²) in [5.74, 6) is 0.144. The Labute approximate surface area is 120 Å². The summed E-state index contributed by atoms with van der Waals surface area (Å²) < 4.78 is 23.2. The second kappa shape index (κ2) is 6.41. The zero-order valence-corrected chi connectivity index (χ0v) is 12.7. The van der Waals surface area contributed by atoms with Crippen molar-refractivity contribution in [3.05, 3.63) is 0 Å². The maximum atomic E-state index is 12.6. The van der Waals surface area contributed by atoms with Crippen LogP contribution in [0.3, 0.4) is 0 Å². The third kappa shape index (κ3) is 3.71. The van der Waals surface area contributed by atoms with Crippen molar-refractivity contribution in [1.82, 2.24) is 10.2 Å². The molecule has 1 amide bonds. The van der Waals surface area contributed by atoms with Gasteiger partial charge in [0.05, 0.1) is 18.1 Å². The third-order valence-corrected chi connectivity index (χ3v) is 6.00. The summed E-state index contributed by atoms with van der Waals surface area (Å²) >= 11 is 0. The highest BCUT2D eigenvalue weighted by atomic mass is 32.2. The molecule has 2 N–H and O–H groups in total. The molecule has 2 heterocycles. The monoisotopic (exact) mass is 304 g/mol. The van der Waals surface area contributed by atoms with Crippen LogP contribution in [-0.4, -0.2) is 67.6 Å². The number of carbonyl (C=O) groups is 1. The minimum Gasteiger partial charge on any atom is -0.395 e. The van der Waals surface area contributed by atoms with E-state index in [1.54, 1.807) is 4.90 Å². The van der Waals surface area contributed by atoms with Crippen molar-refractivity contribution in [3.8, 4) is 0 Å². The van der Waals surface area contributed by atoms with Crippen LogP contribution in [0.5, 0.6) is 0 Å². The van der Waals surface area contributed by atoms with Gasteiger partial charge in [0.15, 0.2) is 9.84 Å². The molecule has 0 aliphatic carbocycles. The molecular weight excluding hydrogens is 280 g/mol. The Balaban J connectivity index is 2.06. The van der Waals surface area contributed by atoms with E-state index < -0.39 is 9.84 Å². The number of piperidine rings is 1. The molecule has 2 aliphatic heterocycles. The Morgan fingerprint density at radius 3 is 2.70 bits per heavy atom. The highest BCUT2D eigenvalue weighted by Gasteiger charge is 2.37. The lowest BCUT2D eigenvalue weighted by Gasteiger charge is -2.34. The van der Waals surface area contributed by atoms with E-state index in [0.29, 0.717) is 12.5 Å². The fourth-order valence-corrected chi connectivity index (χ4v) is 4.92. The van der Waals surface area contributed by atoms with Gasteiger partial charge >= 0.3 is 0 Å². The lowest BCUT2D eigenvalue weighted by atomic mass is 9.91. The molecule has 0 aromatic carbocycles. The number of sulfone groups is 1. The van der Waals surface area contributed by atoms with Crippen molar-refractivity contribution in [2.24, 2.45) is 5.92 Å². The molecular formula is C13H24N2O4S. The Morgan fingerprint density at radius 2 is 2.15 bits per heavy atom. The number of amides is 1. The lowest BCUT2D eigenvalue weighted by molar-refractivity contribution is -0.139. The highest BCUT2D eigenvalue weighted by molar-refractivity contribution is 7.91. The van der Waals surface area contributed by atoms with E-state index >= 15 is 0 Å². The molecule has 20 heavy (non-hydrogen) atoms. The molecule has 0 aromatic heterocycles. The quantitative estimate of drug-likeness (QED) is 0.723. The first kappa shape index (κ1) is 15.7. The molecule has 7 heteroatoms. The van der Waals surface area contributed by atoms with E-state index in [1.165, 1.54) is 0 Å². The number of nitrogens with one attached hydrogen (secondary N) is 1. The van der Waals surface area contributed by atoms with Crippen LogP contribution >= 0.6 is 0 Å². The van der Waals surface area contributed by atoms with Crippen molar-refractivity contribution >= 4 is 15.7 Å². The van der Waals surface area contributed by atoms with Gasteiger partial charge in [-0.15, -0.1) is 0 Å². The fourth-order valence-electron chi connectivity index (χ4n) is 3.19. The number of hydrogen-bond acceptors (Lipinski definition) is 5. The second-order valence-electron chi connectivity index (χ2n) is 5.89. The summed E-state index contributed by atoms with van der Waals surface area (Å²) in [6.45, 7) is 2.98. The van der Waals surface area contributed by atoms with Gasteiger partial charge in [0, 0.05) is 24.5 Å². The first-order valence-electron chi connectivity index (χ1n) is 7.28. The average molecular weight is 304 g/mol. The summed E-state index contributed by atoms with van der Waals surface area (Å²) in [5.41, 5.74) is 0.